The fourth-order valence-corrected chi connectivity index (χ4v) is 4.34. The molecule has 138 valence electrons. The summed E-state index contributed by atoms with van der Waals surface area (Å²) in [5.74, 6) is -3.37. The van der Waals surface area contributed by atoms with Gasteiger partial charge in [0, 0.05) is 0 Å². The largest absolute Gasteiger partial charge is 0.416 e. The summed E-state index contributed by atoms with van der Waals surface area (Å²) < 4.78 is 44.8. The number of aliphatic hydroxyl groups is 1. The first-order valence-corrected chi connectivity index (χ1v) is 8.18. The summed E-state index contributed by atoms with van der Waals surface area (Å²) in [6.45, 7) is 1.08. The number of carbonyl (C=O) groups excluding carboxylic acids is 2. The molecule has 0 spiro atoms. The van der Waals surface area contributed by atoms with Crippen LogP contribution < -0.4 is 4.90 Å². The Labute approximate surface area is 151 Å². The van der Waals surface area contributed by atoms with Gasteiger partial charge in [0.25, 0.3) is 0 Å². The number of fused-ring (bicyclic) bond motifs is 5. The van der Waals surface area contributed by atoms with E-state index in [0.29, 0.717) is 11.0 Å². The van der Waals surface area contributed by atoms with E-state index in [-0.39, 0.29) is 10.7 Å². The van der Waals surface area contributed by atoms with Gasteiger partial charge in [-0.25, -0.2) is 4.90 Å². The van der Waals surface area contributed by atoms with Crippen molar-refractivity contribution >= 4 is 29.1 Å². The molecule has 4 rings (SSSR count). The zero-order chi connectivity index (χ0) is 19.1. The van der Waals surface area contributed by atoms with Crippen LogP contribution in [0.3, 0.4) is 0 Å². The summed E-state index contributed by atoms with van der Waals surface area (Å²) in [4.78, 5) is 26.6. The lowest BCUT2D eigenvalue weighted by Crippen LogP contribution is -2.43. The van der Waals surface area contributed by atoms with Gasteiger partial charge in [-0.1, -0.05) is 23.8 Å². The second-order valence-corrected chi connectivity index (χ2v) is 7.27. The van der Waals surface area contributed by atoms with E-state index in [0.717, 1.165) is 12.1 Å². The molecular formula is C17H13ClF3NO4. The first-order chi connectivity index (χ1) is 12.0. The number of halogens is 4. The van der Waals surface area contributed by atoms with Crippen molar-refractivity contribution in [1.82, 2.24) is 0 Å². The van der Waals surface area contributed by atoms with Gasteiger partial charge in [0.05, 0.1) is 40.3 Å². The van der Waals surface area contributed by atoms with Gasteiger partial charge in [-0.15, -0.1) is 0 Å². The Bertz CT molecular complexity index is 870. The monoisotopic (exact) mass is 387 g/mol. The van der Waals surface area contributed by atoms with Crippen molar-refractivity contribution in [2.75, 3.05) is 11.5 Å². The minimum Gasteiger partial charge on any atom is -0.393 e. The molecule has 9 heteroatoms. The topological polar surface area (TPSA) is 66.8 Å². The maximum Gasteiger partial charge on any atom is 0.416 e. The van der Waals surface area contributed by atoms with Crippen LogP contribution in [0.5, 0.6) is 0 Å². The van der Waals surface area contributed by atoms with E-state index >= 15 is 0 Å². The fourth-order valence-electron chi connectivity index (χ4n) is 4.14. The number of benzene rings is 1. The van der Waals surface area contributed by atoms with Gasteiger partial charge in [0.15, 0.2) is 0 Å². The normalized spacial score (nSPS) is 35.5. The molecule has 3 heterocycles. The molecule has 2 saturated heterocycles. The molecular weight excluding hydrogens is 375 g/mol. The Kier molecular flexibility index (Phi) is 3.43. The average Bonchev–Trinajstić information content (AvgIpc) is 3.13. The summed E-state index contributed by atoms with van der Waals surface area (Å²) in [7, 11) is 0. The number of anilines is 1. The van der Waals surface area contributed by atoms with E-state index in [1.165, 1.54) is 6.08 Å². The molecule has 0 aliphatic carbocycles. The van der Waals surface area contributed by atoms with Gasteiger partial charge in [-0.05, 0) is 25.1 Å². The third kappa shape index (κ3) is 2.06. The van der Waals surface area contributed by atoms with Gasteiger partial charge in [0.2, 0.25) is 11.8 Å². The Morgan fingerprint density at radius 2 is 1.88 bits per heavy atom. The minimum absolute atomic E-state index is 0.149. The molecule has 0 radical (unpaired) electrons. The molecule has 1 aromatic carbocycles. The summed E-state index contributed by atoms with van der Waals surface area (Å²) in [6, 6.07) is 2.47. The molecule has 26 heavy (non-hydrogen) atoms. The SMILES string of the molecule is C[C@@]12C=C[C@@](CO)(O1)[C@@H]1C(=O)N(c3cc(C(F)(F)F)ccc3Cl)C(=O)[C@@H]12. The molecule has 2 bridgehead atoms. The van der Waals surface area contributed by atoms with E-state index in [4.69, 9.17) is 16.3 Å². The van der Waals surface area contributed by atoms with Crippen LogP contribution in [0.1, 0.15) is 12.5 Å². The Hall–Kier alpha value is -1.90. The predicted octanol–water partition coefficient (Wildman–Crippen LogP) is 2.55. The van der Waals surface area contributed by atoms with Gasteiger partial charge in [-0.3, -0.25) is 9.59 Å². The van der Waals surface area contributed by atoms with Gasteiger partial charge >= 0.3 is 6.18 Å². The third-order valence-electron chi connectivity index (χ3n) is 5.32. The van der Waals surface area contributed by atoms with Crippen LogP contribution in [0.15, 0.2) is 30.4 Å². The number of amides is 2. The Morgan fingerprint density at radius 3 is 2.50 bits per heavy atom. The lowest BCUT2D eigenvalue weighted by Gasteiger charge is -2.27. The maximum atomic E-state index is 13.0. The molecule has 2 amide bonds. The van der Waals surface area contributed by atoms with Crippen molar-refractivity contribution in [3.8, 4) is 0 Å². The number of nitrogens with zero attached hydrogens (tertiary/aromatic N) is 1. The average molecular weight is 388 g/mol. The minimum atomic E-state index is -4.65. The Morgan fingerprint density at radius 1 is 1.23 bits per heavy atom. The number of alkyl halides is 3. The smallest absolute Gasteiger partial charge is 0.393 e. The van der Waals surface area contributed by atoms with Crippen LogP contribution in [0.2, 0.25) is 5.02 Å². The van der Waals surface area contributed by atoms with E-state index in [2.05, 4.69) is 0 Å². The highest BCUT2D eigenvalue weighted by Crippen LogP contribution is 2.58. The molecule has 3 aliphatic heterocycles. The van der Waals surface area contributed by atoms with Crippen molar-refractivity contribution in [3.63, 3.8) is 0 Å². The lowest BCUT2D eigenvalue weighted by atomic mass is 9.73. The van der Waals surface area contributed by atoms with E-state index < -0.39 is 53.2 Å². The Balaban J connectivity index is 1.82. The first kappa shape index (κ1) is 17.5. The van der Waals surface area contributed by atoms with Crippen LogP contribution in [-0.4, -0.2) is 34.7 Å². The van der Waals surface area contributed by atoms with Crippen LogP contribution in [-0.2, 0) is 20.5 Å². The van der Waals surface area contributed by atoms with Crippen molar-refractivity contribution in [3.05, 3.63) is 40.9 Å². The number of imide groups is 1. The highest BCUT2D eigenvalue weighted by Gasteiger charge is 2.72. The van der Waals surface area contributed by atoms with Crippen LogP contribution in [0.25, 0.3) is 0 Å². The van der Waals surface area contributed by atoms with E-state index in [1.54, 1.807) is 13.0 Å². The quantitative estimate of drug-likeness (QED) is 0.625. The van der Waals surface area contributed by atoms with Crippen molar-refractivity contribution in [2.45, 2.75) is 24.3 Å². The summed E-state index contributed by atoms with van der Waals surface area (Å²) in [6.07, 6.45) is -1.51. The summed E-state index contributed by atoms with van der Waals surface area (Å²) >= 11 is 6.00. The van der Waals surface area contributed by atoms with Crippen molar-refractivity contribution in [2.24, 2.45) is 11.8 Å². The zero-order valence-corrected chi connectivity index (χ0v) is 14.1. The second kappa shape index (κ2) is 5.09. The maximum absolute atomic E-state index is 13.0. The van der Waals surface area contributed by atoms with Crippen LogP contribution in [0.4, 0.5) is 18.9 Å². The van der Waals surface area contributed by atoms with E-state index in [1.807, 2.05) is 0 Å². The van der Waals surface area contributed by atoms with Crippen LogP contribution >= 0.6 is 11.6 Å². The first-order valence-electron chi connectivity index (χ1n) is 7.80. The van der Waals surface area contributed by atoms with Crippen LogP contribution in [0, 0.1) is 11.8 Å². The summed E-state index contributed by atoms with van der Waals surface area (Å²) in [5, 5.41) is 9.59. The number of hydrogen-bond donors (Lipinski definition) is 1. The van der Waals surface area contributed by atoms with Gasteiger partial charge < -0.3 is 9.84 Å². The third-order valence-corrected chi connectivity index (χ3v) is 5.64. The standard InChI is InChI=1S/C17H13ClF3NO4/c1-15-4-5-16(7-23,26-15)12-11(15)13(24)22(14(12)25)10-6-8(17(19,20)21)2-3-9(10)18/h2-6,11-12,23H,7H2,1H3/t11-,12+,15+,16+/m1/s1. The van der Waals surface area contributed by atoms with Crippen molar-refractivity contribution in [1.29, 1.82) is 0 Å². The zero-order valence-electron chi connectivity index (χ0n) is 13.4. The number of aliphatic hydroxyl groups excluding tert-OH is 1. The molecule has 0 aromatic heterocycles. The predicted molar refractivity (Wildman–Crippen MR) is 84.4 cm³/mol. The summed E-state index contributed by atoms with van der Waals surface area (Å²) in [5.41, 5.74) is -3.80. The molecule has 0 saturated carbocycles. The number of carbonyl (C=O) groups is 2. The fraction of sp³-hybridized carbons (Fsp3) is 0.412. The molecule has 3 aliphatic rings. The number of rotatable bonds is 2. The number of hydrogen-bond acceptors (Lipinski definition) is 4. The van der Waals surface area contributed by atoms with Gasteiger partial charge in [-0.2, -0.15) is 13.2 Å². The van der Waals surface area contributed by atoms with Crippen molar-refractivity contribution < 1.29 is 32.6 Å². The highest BCUT2D eigenvalue weighted by molar-refractivity contribution is 6.36. The molecule has 0 unspecified atom stereocenters. The molecule has 5 nitrogen and oxygen atoms in total. The lowest BCUT2D eigenvalue weighted by molar-refractivity contribution is -0.138. The highest BCUT2D eigenvalue weighted by atomic mass is 35.5. The number of ether oxygens (including phenoxy) is 1. The molecule has 2 fully saturated rings. The second-order valence-electron chi connectivity index (χ2n) is 6.86. The molecule has 1 aromatic rings. The van der Waals surface area contributed by atoms with Gasteiger partial charge in [0.1, 0.15) is 5.60 Å². The van der Waals surface area contributed by atoms with E-state index in [9.17, 15) is 27.9 Å². The molecule has 4 atom stereocenters. The molecule has 1 N–H and O–H groups in total.